The molecule has 0 aromatic rings. The number of amides is 3. The highest BCUT2D eigenvalue weighted by Crippen LogP contribution is 1.89. The number of nitrogens with one attached hydrogen (secondary N) is 1. The summed E-state index contributed by atoms with van der Waals surface area (Å²) in [5.74, 6) is 0.443. The quantitative estimate of drug-likeness (QED) is 0.484. The lowest BCUT2D eigenvalue weighted by molar-refractivity contribution is -0.137. The Morgan fingerprint density at radius 2 is 2.06 bits per heavy atom. The van der Waals surface area contributed by atoms with Crippen LogP contribution in [0.15, 0.2) is 0 Å². The third kappa shape index (κ3) is 6.26. The maximum absolute atomic E-state index is 11.4. The number of nitrogens with two attached hydrogens (primary N) is 1. The molecule has 0 aromatic carbocycles. The maximum Gasteiger partial charge on any atom is 0.323 e. The van der Waals surface area contributed by atoms with Gasteiger partial charge in [-0.15, -0.1) is 6.42 Å². The largest absolute Gasteiger partial charge is 0.480 e. The van der Waals surface area contributed by atoms with Gasteiger partial charge in [0.15, 0.2) is 0 Å². The normalized spacial score (nSPS) is 8.94. The number of hydrogen-bond donors (Lipinski definition) is 3. The van der Waals surface area contributed by atoms with Gasteiger partial charge in [0.05, 0.1) is 6.54 Å². The summed E-state index contributed by atoms with van der Waals surface area (Å²) in [5.41, 5.74) is 4.86. The topological polar surface area (TPSA) is 113 Å². The van der Waals surface area contributed by atoms with Crippen molar-refractivity contribution in [1.29, 1.82) is 0 Å². The first-order valence-corrected chi connectivity index (χ1v) is 4.43. The first-order valence-electron chi connectivity index (χ1n) is 4.43. The molecule has 0 radical (unpaired) electrons. The molecule has 0 aliphatic heterocycles. The standard InChI is InChI=1S/C9H13N3O4/c1-2-5-12(6-8(14)15)9(16)11-4-3-7(10)13/h1H,3-6H2,(H2,10,13)(H,11,16)(H,14,15). The SMILES string of the molecule is C#CCN(CC(=O)O)C(=O)NCCC(N)=O. The molecule has 0 saturated carbocycles. The van der Waals surface area contributed by atoms with Crippen LogP contribution in [0.3, 0.4) is 0 Å². The molecule has 0 fully saturated rings. The van der Waals surface area contributed by atoms with Crippen LogP contribution in [0.1, 0.15) is 6.42 Å². The molecule has 7 nitrogen and oxygen atoms in total. The summed E-state index contributed by atoms with van der Waals surface area (Å²) in [4.78, 5) is 33.1. The minimum atomic E-state index is -1.17. The van der Waals surface area contributed by atoms with Crippen molar-refractivity contribution in [3.63, 3.8) is 0 Å². The smallest absolute Gasteiger partial charge is 0.323 e. The Morgan fingerprint density at radius 3 is 2.50 bits per heavy atom. The molecule has 0 heterocycles. The summed E-state index contributed by atoms with van der Waals surface area (Å²) < 4.78 is 0. The van der Waals surface area contributed by atoms with E-state index in [-0.39, 0.29) is 19.5 Å². The lowest BCUT2D eigenvalue weighted by atomic mass is 10.4. The van der Waals surface area contributed by atoms with Crippen LogP contribution >= 0.6 is 0 Å². The number of rotatable bonds is 6. The zero-order chi connectivity index (χ0) is 12.6. The number of terminal acetylenes is 1. The second-order valence-electron chi connectivity index (χ2n) is 2.90. The van der Waals surface area contributed by atoms with Gasteiger partial charge >= 0.3 is 12.0 Å². The highest BCUT2D eigenvalue weighted by Gasteiger charge is 2.14. The molecule has 88 valence electrons. The summed E-state index contributed by atoms with van der Waals surface area (Å²) in [5, 5.41) is 10.8. The van der Waals surface area contributed by atoms with Crippen molar-refractivity contribution in [2.24, 2.45) is 5.73 Å². The van der Waals surface area contributed by atoms with Crippen molar-refractivity contribution in [3.05, 3.63) is 0 Å². The van der Waals surface area contributed by atoms with E-state index in [1.807, 2.05) is 0 Å². The van der Waals surface area contributed by atoms with Crippen molar-refractivity contribution in [1.82, 2.24) is 10.2 Å². The average Bonchev–Trinajstić information content (AvgIpc) is 2.15. The van der Waals surface area contributed by atoms with Crippen molar-refractivity contribution in [3.8, 4) is 12.3 Å². The Balaban J connectivity index is 4.12. The van der Waals surface area contributed by atoms with Gasteiger partial charge in [-0.2, -0.15) is 0 Å². The van der Waals surface area contributed by atoms with Crippen molar-refractivity contribution in [2.45, 2.75) is 6.42 Å². The van der Waals surface area contributed by atoms with Gasteiger partial charge in [-0.1, -0.05) is 5.92 Å². The summed E-state index contributed by atoms with van der Waals surface area (Å²) in [7, 11) is 0. The Morgan fingerprint density at radius 1 is 1.44 bits per heavy atom. The number of primary amides is 1. The molecule has 16 heavy (non-hydrogen) atoms. The fourth-order valence-corrected chi connectivity index (χ4v) is 0.877. The van der Waals surface area contributed by atoms with E-state index in [9.17, 15) is 14.4 Å². The van der Waals surface area contributed by atoms with Crippen molar-refractivity contribution >= 4 is 17.9 Å². The first kappa shape index (κ1) is 13.8. The van der Waals surface area contributed by atoms with Crippen LogP contribution in [-0.4, -0.2) is 47.5 Å². The number of carbonyl (C=O) groups excluding carboxylic acids is 2. The minimum Gasteiger partial charge on any atom is -0.480 e. The van der Waals surface area contributed by atoms with E-state index in [1.165, 1.54) is 0 Å². The fourth-order valence-electron chi connectivity index (χ4n) is 0.877. The van der Waals surface area contributed by atoms with Gasteiger partial charge in [0.25, 0.3) is 0 Å². The van der Waals surface area contributed by atoms with Crippen LogP contribution in [0.25, 0.3) is 0 Å². The van der Waals surface area contributed by atoms with Gasteiger partial charge in [-0.3, -0.25) is 9.59 Å². The molecule has 0 aliphatic carbocycles. The van der Waals surface area contributed by atoms with Crippen LogP contribution in [0.4, 0.5) is 4.79 Å². The molecule has 0 atom stereocenters. The van der Waals surface area contributed by atoms with E-state index < -0.39 is 24.5 Å². The van der Waals surface area contributed by atoms with Gasteiger partial charge < -0.3 is 21.1 Å². The molecular weight excluding hydrogens is 214 g/mol. The first-order chi connectivity index (χ1) is 7.47. The molecule has 0 unspecified atom stereocenters. The molecule has 0 aromatic heterocycles. The summed E-state index contributed by atoms with van der Waals surface area (Å²) in [6, 6.07) is -0.637. The van der Waals surface area contributed by atoms with Gasteiger partial charge in [0, 0.05) is 13.0 Å². The molecule has 3 amide bonds. The summed E-state index contributed by atoms with van der Waals surface area (Å²) >= 11 is 0. The average molecular weight is 227 g/mol. The Hall–Kier alpha value is -2.23. The van der Waals surface area contributed by atoms with E-state index in [4.69, 9.17) is 17.3 Å². The summed E-state index contributed by atoms with van der Waals surface area (Å²) in [6.07, 6.45) is 4.97. The molecule has 0 rings (SSSR count). The van der Waals surface area contributed by atoms with Gasteiger partial charge in [0.1, 0.15) is 6.54 Å². The van der Waals surface area contributed by atoms with E-state index in [0.717, 1.165) is 4.90 Å². The van der Waals surface area contributed by atoms with E-state index in [0.29, 0.717) is 0 Å². The number of carboxylic acids is 1. The monoisotopic (exact) mass is 227 g/mol. The fraction of sp³-hybridized carbons (Fsp3) is 0.444. The zero-order valence-electron chi connectivity index (χ0n) is 8.60. The molecular formula is C9H13N3O4. The predicted octanol–water partition coefficient (Wildman–Crippen LogP) is -1.41. The lowest BCUT2D eigenvalue weighted by Gasteiger charge is -2.18. The molecule has 0 saturated heterocycles. The van der Waals surface area contributed by atoms with Gasteiger partial charge in [0.2, 0.25) is 5.91 Å². The van der Waals surface area contributed by atoms with Gasteiger partial charge in [-0.05, 0) is 0 Å². The number of carboxylic acid groups (broad SMARTS) is 1. The highest BCUT2D eigenvalue weighted by molar-refractivity contribution is 5.81. The van der Waals surface area contributed by atoms with Crippen LogP contribution in [0.5, 0.6) is 0 Å². The predicted molar refractivity (Wildman–Crippen MR) is 55.3 cm³/mol. The molecule has 4 N–H and O–H groups in total. The second kappa shape index (κ2) is 7.11. The Kier molecular flexibility index (Phi) is 6.12. The maximum atomic E-state index is 11.4. The van der Waals surface area contributed by atoms with Crippen molar-refractivity contribution in [2.75, 3.05) is 19.6 Å². The van der Waals surface area contributed by atoms with Crippen LogP contribution in [0, 0.1) is 12.3 Å². The number of hydrogen-bond acceptors (Lipinski definition) is 3. The van der Waals surface area contributed by atoms with E-state index in [2.05, 4.69) is 11.2 Å². The zero-order valence-corrected chi connectivity index (χ0v) is 8.60. The molecule has 7 heteroatoms. The van der Waals surface area contributed by atoms with E-state index >= 15 is 0 Å². The highest BCUT2D eigenvalue weighted by atomic mass is 16.4. The third-order valence-corrected chi connectivity index (χ3v) is 1.54. The van der Waals surface area contributed by atoms with Crippen molar-refractivity contribution < 1.29 is 19.5 Å². The van der Waals surface area contributed by atoms with Crippen LogP contribution in [0.2, 0.25) is 0 Å². The van der Waals surface area contributed by atoms with Crippen LogP contribution < -0.4 is 11.1 Å². The van der Waals surface area contributed by atoms with E-state index in [1.54, 1.807) is 0 Å². The lowest BCUT2D eigenvalue weighted by Crippen LogP contribution is -2.43. The number of aliphatic carboxylic acids is 1. The second-order valence-corrected chi connectivity index (χ2v) is 2.90. The molecule has 0 bridgehead atoms. The Labute approximate surface area is 92.6 Å². The Bertz CT molecular complexity index is 321. The van der Waals surface area contributed by atoms with Gasteiger partial charge in [-0.25, -0.2) is 4.79 Å². The summed E-state index contributed by atoms with van der Waals surface area (Å²) in [6.45, 7) is -0.559. The number of urea groups is 1. The third-order valence-electron chi connectivity index (χ3n) is 1.54. The number of nitrogens with zero attached hydrogens (tertiary/aromatic N) is 1. The minimum absolute atomic E-state index is 0.0112. The number of carbonyl (C=O) groups is 3. The van der Waals surface area contributed by atoms with Crippen LogP contribution in [-0.2, 0) is 9.59 Å². The molecule has 0 aliphatic rings. The molecule has 0 spiro atoms.